The summed E-state index contributed by atoms with van der Waals surface area (Å²) in [7, 11) is 6.27. The summed E-state index contributed by atoms with van der Waals surface area (Å²) >= 11 is 0. The fourth-order valence-corrected chi connectivity index (χ4v) is 15.8. The quantitative estimate of drug-likeness (QED) is 0.0774. The zero-order valence-corrected chi connectivity index (χ0v) is 53.9. The van der Waals surface area contributed by atoms with Gasteiger partial charge in [0.1, 0.15) is 70.5 Å². The lowest BCUT2D eigenvalue weighted by atomic mass is 10.0. The molecule has 496 valence electrons. The average molecular weight is 1330 g/mol. The fraction of sp³-hybridized carbons (Fsp3) is 0.531. The molecule has 2 aromatic heterocycles. The monoisotopic (exact) mass is 1330 g/mol. The van der Waals surface area contributed by atoms with Crippen molar-refractivity contribution >= 4 is 105 Å². The summed E-state index contributed by atoms with van der Waals surface area (Å²) in [5.41, 5.74) is -1.68. The van der Waals surface area contributed by atoms with Gasteiger partial charge in [0.2, 0.25) is 59.4 Å². The average Bonchev–Trinajstić information content (AvgIpc) is 1.58. The van der Waals surface area contributed by atoms with Crippen LogP contribution in [0.5, 0.6) is 23.0 Å². The first-order chi connectivity index (χ1) is 45.0. The van der Waals surface area contributed by atoms with Crippen molar-refractivity contribution in [2.75, 3.05) is 27.3 Å². The Kier molecular flexibility index (Phi) is 20.0. The van der Waals surface area contributed by atoms with E-state index in [0.717, 1.165) is 25.7 Å². The van der Waals surface area contributed by atoms with Crippen LogP contribution >= 0.6 is 0 Å². The number of nitrogens with one attached hydrogen (secondary N) is 6. The molecular weight excluding hydrogens is 1250 g/mol. The smallest absolute Gasteiger partial charge is 0.259 e. The van der Waals surface area contributed by atoms with E-state index in [0.29, 0.717) is 109 Å². The zero-order valence-electron chi connectivity index (χ0n) is 52.3. The second kappa shape index (κ2) is 28.0. The first-order valence-electron chi connectivity index (χ1n) is 32.0. The molecule has 6 fully saturated rings. The summed E-state index contributed by atoms with van der Waals surface area (Å²) in [6.45, 7) is 0.0405. The number of sulfonamides is 2. The predicted octanol–water partition coefficient (Wildman–Crippen LogP) is 3.68. The van der Waals surface area contributed by atoms with Crippen LogP contribution in [0.2, 0.25) is 0 Å². The van der Waals surface area contributed by atoms with Gasteiger partial charge in [0.15, 0.2) is 11.6 Å². The third-order valence-corrected chi connectivity index (χ3v) is 22.4. The zero-order chi connectivity index (χ0) is 66.7. The Balaban J connectivity index is 0.000000192. The number of benzene rings is 2. The van der Waals surface area contributed by atoms with Crippen LogP contribution < -0.4 is 49.7 Å². The van der Waals surface area contributed by atoms with E-state index in [2.05, 4.69) is 40.7 Å². The van der Waals surface area contributed by atoms with Crippen LogP contribution in [0.1, 0.15) is 116 Å². The molecule has 2 unspecified atom stereocenters. The Morgan fingerprint density at radius 2 is 0.968 bits per heavy atom. The molecule has 8 aliphatic rings. The van der Waals surface area contributed by atoms with Gasteiger partial charge in [-0.25, -0.2) is 16.8 Å². The number of amides is 8. The maximum Gasteiger partial charge on any atom is 0.259 e. The SMILES string of the molecule is [B]C(=O)N[C@@H]1CCCCC/C=C\C2C[C@@]2(C(=O)NS(=O)(=O)C2CC2)NC(=O)[C@@H]2C[C@@H](Oc3ccnc4cc(OC)ccc34)CN2C1=O.[B]C(=O)N[C@H]1CCCCC/C=C\C2C[C@@]2(C(=O)NS(=O)(=O)C2CC2)NC(=O)[C@@H]2C[C@@H](Oc3ccnc4cc(OC)ccc34)CN2C1=O. The Bertz CT molecular complexity index is 3680. The van der Waals surface area contributed by atoms with Crippen LogP contribution in [0.15, 0.2) is 85.2 Å². The summed E-state index contributed by atoms with van der Waals surface area (Å²) < 4.78 is 78.6. The summed E-state index contributed by atoms with van der Waals surface area (Å²) in [6, 6.07) is 10.0. The molecule has 2 saturated heterocycles. The van der Waals surface area contributed by atoms with Crippen LogP contribution in [-0.4, -0.2) is 185 Å². The summed E-state index contributed by atoms with van der Waals surface area (Å²) in [5.74, 6) is -4.07. The largest absolute Gasteiger partial charge is 0.497 e. The van der Waals surface area contributed by atoms with Crippen molar-refractivity contribution in [1.29, 1.82) is 0 Å². The number of methoxy groups -OCH3 is 2. The number of ether oxygens (including phenoxy) is 4. The number of rotatable bonds is 14. The number of pyridine rings is 2. The van der Waals surface area contributed by atoms with Gasteiger partial charge in [0.25, 0.3) is 11.8 Å². The van der Waals surface area contributed by atoms with E-state index in [-0.39, 0.29) is 38.8 Å². The molecule has 4 saturated carbocycles. The molecular formula is C64H76B2N10O16S2. The van der Waals surface area contributed by atoms with E-state index in [4.69, 9.17) is 34.6 Å². The number of fused-ring (bicyclic) bond motifs is 6. The van der Waals surface area contributed by atoms with Crippen molar-refractivity contribution in [2.24, 2.45) is 11.8 Å². The minimum Gasteiger partial charge on any atom is -0.497 e. The van der Waals surface area contributed by atoms with Crippen LogP contribution in [0.4, 0.5) is 9.59 Å². The van der Waals surface area contributed by atoms with Gasteiger partial charge in [0.05, 0.1) is 48.8 Å². The Morgan fingerprint density at radius 3 is 1.34 bits per heavy atom. The van der Waals surface area contributed by atoms with Gasteiger partial charge >= 0.3 is 0 Å². The minimum absolute atomic E-state index is 0.0203. The Hall–Kier alpha value is -8.27. The van der Waals surface area contributed by atoms with E-state index in [1.54, 1.807) is 63.0 Å². The first-order valence-corrected chi connectivity index (χ1v) is 35.1. The second-order valence-electron chi connectivity index (χ2n) is 25.5. The number of aromatic nitrogens is 2. The van der Waals surface area contributed by atoms with Crippen LogP contribution in [0, 0.1) is 11.8 Å². The number of carbonyl (C=O) groups is 8. The van der Waals surface area contributed by atoms with Gasteiger partial charge < -0.3 is 50.0 Å². The molecule has 6 N–H and O–H groups in total. The van der Waals surface area contributed by atoms with Crippen LogP contribution in [-0.2, 0) is 48.8 Å². The number of nitrogens with zero attached hydrogens (tertiary/aromatic N) is 4. The van der Waals surface area contributed by atoms with Gasteiger partial charge in [-0.3, -0.25) is 57.8 Å². The second-order valence-corrected chi connectivity index (χ2v) is 29.4. The Morgan fingerprint density at radius 1 is 0.564 bits per heavy atom. The molecule has 0 bridgehead atoms. The van der Waals surface area contributed by atoms with Gasteiger partial charge in [-0.15, -0.1) is 0 Å². The van der Waals surface area contributed by atoms with Crippen molar-refractivity contribution in [2.45, 2.75) is 174 Å². The maximum absolute atomic E-state index is 14.1. The van der Waals surface area contributed by atoms with Gasteiger partial charge in [-0.2, -0.15) is 0 Å². The highest BCUT2D eigenvalue weighted by Crippen LogP contribution is 2.48. The topological polar surface area (TPSA) is 346 Å². The molecule has 10 atom stereocenters. The van der Waals surface area contributed by atoms with E-state index < -0.39 is 137 Å². The van der Waals surface area contributed by atoms with E-state index in [1.807, 2.05) is 36.4 Å². The predicted molar refractivity (Wildman–Crippen MR) is 344 cm³/mol. The molecule has 26 nitrogen and oxygen atoms in total. The van der Waals surface area contributed by atoms with Gasteiger partial charge in [-0.1, -0.05) is 50.0 Å². The summed E-state index contributed by atoms with van der Waals surface area (Å²) in [5, 5.41) is 11.0. The highest BCUT2D eigenvalue weighted by atomic mass is 32.2. The number of carbonyl (C=O) groups excluding carboxylic acids is 8. The number of hydrogen-bond acceptors (Lipinski definition) is 18. The highest BCUT2D eigenvalue weighted by Gasteiger charge is 2.64. The lowest BCUT2D eigenvalue weighted by Crippen LogP contribution is -2.58. The number of hydrogen-bond donors (Lipinski definition) is 6. The Labute approximate surface area is 547 Å². The normalized spacial score (nSPS) is 28.9. The molecule has 2 aromatic carbocycles. The van der Waals surface area contributed by atoms with Gasteiger partial charge in [0, 0.05) is 60.0 Å². The lowest BCUT2D eigenvalue weighted by Gasteiger charge is -2.29. The number of allylic oxidation sites excluding steroid dienone is 2. The third-order valence-electron chi connectivity index (χ3n) is 18.7. The maximum atomic E-state index is 14.1. The van der Waals surface area contributed by atoms with Crippen LogP contribution in [0.25, 0.3) is 21.8 Å². The first kappa shape index (κ1) is 67.2. The molecule has 30 heteroatoms. The fourth-order valence-electron chi connectivity index (χ4n) is 13.1. The summed E-state index contributed by atoms with van der Waals surface area (Å²) in [6.07, 6.45) is 18.5. The molecule has 0 spiro atoms. The molecule has 4 radical (unpaired) electrons. The standard InChI is InChI=1S/2C32H38BN5O8S/c2*1-45-20-9-12-23-25(15-20)34-14-13-27(23)46-21-16-26-28(39)36-32(30(41)37-47(43,44)22-10-11-22)17-19(32)7-5-3-2-4-6-8-24(35-31(33)42)29(40)38(26)18-21/h2*5,7,9,12-15,19,21-22,24,26H,2-4,6,8,10-11,16-18H2,1H3,(H,35,42)(H,36,39)(H,37,41)/b2*7-5-/t19?,21-,24+,26+,32-;19?,21-,24-,26+,32-/m11/s1. The molecule has 6 heterocycles. The van der Waals surface area contributed by atoms with E-state index in [1.165, 1.54) is 9.80 Å². The summed E-state index contributed by atoms with van der Waals surface area (Å²) in [4.78, 5) is 119. The molecule has 8 amide bonds. The minimum atomic E-state index is -3.87. The molecule has 4 aliphatic heterocycles. The van der Waals surface area contributed by atoms with Crippen molar-refractivity contribution < 1.29 is 74.1 Å². The van der Waals surface area contributed by atoms with Crippen molar-refractivity contribution in [3.8, 4) is 23.0 Å². The van der Waals surface area contributed by atoms with Crippen molar-refractivity contribution in [3.63, 3.8) is 0 Å². The van der Waals surface area contributed by atoms with Crippen molar-refractivity contribution in [1.82, 2.24) is 50.5 Å². The third kappa shape index (κ3) is 15.3. The highest BCUT2D eigenvalue weighted by molar-refractivity contribution is 7.91. The molecule has 4 aliphatic carbocycles. The lowest BCUT2D eigenvalue weighted by molar-refractivity contribution is -0.141. The van der Waals surface area contributed by atoms with E-state index in [9.17, 15) is 55.2 Å². The van der Waals surface area contributed by atoms with Gasteiger partial charge in [-0.05, 0) is 113 Å². The molecule has 94 heavy (non-hydrogen) atoms. The van der Waals surface area contributed by atoms with Crippen molar-refractivity contribution in [3.05, 3.63) is 85.2 Å². The molecule has 4 aromatic rings. The van der Waals surface area contributed by atoms with E-state index >= 15 is 0 Å². The molecule has 12 rings (SSSR count). The van der Waals surface area contributed by atoms with Crippen LogP contribution in [0.3, 0.4) is 0 Å².